The van der Waals surface area contributed by atoms with Gasteiger partial charge in [-0.3, -0.25) is 4.79 Å². The molecule has 0 aromatic heterocycles. The highest BCUT2D eigenvalue weighted by Gasteiger charge is 2.11. The summed E-state index contributed by atoms with van der Waals surface area (Å²) in [6, 6.07) is 5.72. The Balaban J connectivity index is 2.71. The summed E-state index contributed by atoms with van der Waals surface area (Å²) in [4.78, 5) is 18.5. The zero-order valence-electron chi connectivity index (χ0n) is 16.6. The van der Waals surface area contributed by atoms with Gasteiger partial charge in [0.15, 0.2) is 17.5 Å². The van der Waals surface area contributed by atoms with E-state index in [2.05, 4.69) is 15.6 Å². The smallest absolute Gasteiger partial charge is 0.224 e. The maximum atomic E-state index is 12.1. The van der Waals surface area contributed by atoms with Gasteiger partial charge in [-0.2, -0.15) is 0 Å². The van der Waals surface area contributed by atoms with Crippen molar-refractivity contribution in [3.63, 3.8) is 0 Å². The topological polar surface area (TPSA) is 75.2 Å². The number of amides is 1. The molecule has 0 aliphatic heterocycles. The second-order valence-corrected chi connectivity index (χ2v) is 5.59. The van der Waals surface area contributed by atoms with Crippen LogP contribution in [-0.4, -0.2) is 57.2 Å². The number of carbonyl (C=O) groups excluding carboxylic acids is 1. The highest BCUT2D eigenvalue weighted by molar-refractivity contribution is 5.81. The highest BCUT2D eigenvalue weighted by atomic mass is 16.5. The molecule has 0 heterocycles. The molecule has 0 atom stereocenters. The van der Waals surface area contributed by atoms with Gasteiger partial charge in [-0.15, -0.1) is 0 Å². The Labute approximate surface area is 156 Å². The largest absolute Gasteiger partial charge is 0.493 e. The minimum atomic E-state index is 0.146. The fraction of sp³-hybridized carbons (Fsp3) is 0.579. The third-order valence-corrected chi connectivity index (χ3v) is 3.98. The van der Waals surface area contributed by atoms with Gasteiger partial charge in [-0.05, 0) is 26.8 Å². The van der Waals surface area contributed by atoms with E-state index in [1.54, 1.807) is 14.2 Å². The normalized spacial score (nSPS) is 11.0. The average molecular weight is 364 g/mol. The summed E-state index contributed by atoms with van der Waals surface area (Å²) in [5.74, 6) is 2.19. The van der Waals surface area contributed by atoms with Crippen LogP contribution in [0.15, 0.2) is 23.2 Å². The first-order valence-electron chi connectivity index (χ1n) is 9.10. The van der Waals surface area contributed by atoms with Crippen LogP contribution in [0.5, 0.6) is 11.5 Å². The monoisotopic (exact) mass is 364 g/mol. The van der Waals surface area contributed by atoms with Crippen LogP contribution < -0.4 is 20.1 Å². The number of ether oxygens (including phenoxy) is 2. The first-order chi connectivity index (χ1) is 12.6. The first kappa shape index (κ1) is 21.6. The van der Waals surface area contributed by atoms with E-state index in [9.17, 15) is 4.79 Å². The number of para-hydroxylation sites is 1. The van der Waals surface area contributed by atoms with Gasteiger partial charge >= 0.3 is 0 Å². The van der Waals surface area contributed by atoms with Crippen LogP contribution in [0.4, 0.5) is 0 Å². The van der Waals surface area contributed by atoms with Crippen LogP contribution >= 0.6 is 0 Å². The molecule has 0 spiro atoms. The van der Waals surface area contributed by atoms with Crippen molar-refractivity contribution in [1.29, 1.82) is 0 Å². The second-order valence-electron chi connectivity index (χ2n) is 5.59. The summed E-state index contributed by atoms with van der Waals surface area (Å²) in [6.07, 6.45) is 0.439. The van der Waals surface area contributed by atoms with Gasteiger partial charge in [0.25, 0.3) is 0 Å². The molecule has 1 aromatic rings. The van der Waals surface area contributed by atoms with Crippen molar-refractivity contribution in [1.82, 2.24) is 15.5 Å². The van der Waals surface area contributed by atoms with Crippen LogP contribution in [0.3, 0.4) is 0 Å². The molecule has 0 fully saturated rings. The fourth-order valence-corrected chi connectivity index (χ4v) is 2.61. The van der Waals surface area contributed by atoms with Gasteiger partial charge in [0.1, 0.15) is 0 Å². The molecule has 146 valence electrons. The lowest BCUT2D eigenvalue weighted by Crippen LogP contribution is -2.40. The summed E-state index contributed by atoms with van der Waals surface area (Å²) in [5.41, 5.74) is 0.934. The number of rotatable bonds is 10. The standard InChI is InChI=1S/C19H32N4O3/c1-6-20-19(21-13-12-17(24)23(7-2)8-3)22-14-15-10-9-11-16(25-4)18(15)26-5/h9-11H,6-8,12-14H2,1-5H3,(H2,20,21,22). The third-order valence-electron chi connectivity index (χ3n) is 3.98. The van der Waals surface area contributed by atoms with Gasteiger partial charge < -0.3 is 25.0 Å². The lowest BCUT2D eigenvalue weighted by Gasteiger charge is -2.19. The molecule has 1 rings (SSSR count). The number of hydrogen-bond donors (Lipinski definition) is 2. The van der Waals surface area contributed by atoms with Gasteiger partial charge in [-0.1, -0.05) is 12.1 Å². The minimum Gasteiger partial charge on any atom is -0.493 e. The highest BCUT2D eigenvalue weighted by Crippen LogP contribution is 2.30. The minimum absolute atomic E-state index is 0.146. The number of hydrogen-bond acceptors (Lipinski definition) is 4. The van der Waals surface area contributed by atoms with E-state index in [1.165, 1.54) is 0 Å². The quantitative estimate of drug-likeness (QED) is 0.491. The van der Waals surface area contributed by atoms with Gasteiger partial charge in [0.05, 0.1) is 20.8 Å². The van der Waals surface area contributed by atoms with E-state index in [0.717, 1.165) is 25.2 Å². The SMILES string of the molecule is CCNC(=NCc1cccc(OC)c1OC)NCCC(=O)N(CC)CC. The Hall–Kier alpha value is -2.44. The van der Waals surface area contributed by atoms with Gasteiger partial charge in [-0.25, -0.2) is 4.99 Å². The Morgan fingerprint density at radius 2 is 1.85 bits per heavy atom. The maximum absolute atomic E-state index is 12.1. The molecule has 0 bridgehead atoms. The van der Waals surface area contributed by atoms with E-state index in [-0.39, 0.29) is 5.91 Å². The van der Waals surface area contributed by atoms with Crippen molar-refractivity contribution in [3.05, 3.63) is 23.8 Å². The molecule has 7 heteroatoms. The predicted molar refractivity (Wildman–Crippen MR) is 105 cm³/mol. The number of aliphatic imine (C=N–C) groups is 1. The zero-order valence-corrected chi connectivity index (χ0v) is 16.6. The second kappa shape index (κ2) is 12.0. The molecule has 1 amide bonds. The number of carbonyl (C=O) groups is 1. The van der Waals surface area contributed by atoms with Crippen molar-refractivity contribution in [2.75, 3.05) is 40.4 Å². The Kier molecular flexibility index (Phi) is 9.97. The molecule has 0 saturated carbocycles. The summed E-state index contributed by atoms with van der Waals surface area (Å²) >= 11 is 0. The van der Waals surface area contributed by atoms with E-state index < -0.39 is 0 Å². The molecule has 2 N–H and O–H groups in total. The first-order valence-corrected chi connectivity index (χ1v) is 9.10. The lowest BCUT2D eigenvalue weighted by atomic mass is 10.2. The lowest BCUT2D eigenvalue weighted by molar-refractivity contribution is -0.130. The van der Waals surface area contributed by atoms with Crippen molar-refractivity contribution in [2.45, 2.75) is 33.7 Å². The third kappa shape index (κ3) is 6.46. The molecular weight excluding hydrogens is 332 g/mol. The zero-order chi connectivity index (χ0) is 19.4. The molecule has 0 saturated heterocycles. The molecule has 0 aliphatic carbocycles. The van der Waals surface area contributed by atoms with Crippen LogP contribution in [0.1, 0.15) is 32.8 Å². The molecule has 26 heavy (non-hydrogen) atoms. The van der Waals surface area contributed by atoms with E-state index in [1.807, 2.05) is 43.9 Å². The summed E-state index contributed by atoms with van der Waals surface area (Å²) in [5, 5.41) is 6.40. The number of methoxy groups -OCH3 is 2. The number of guanidine groups is 1. The summed E-state index contributed by atoms with van der Waals surface area (Å²) in [7, 11) is 3.23. The average Bonchev–Trinajstić information content (AvgIpc) is 2.66. The van der Waals surface area contributed by atoms with Crippen molar-refractivity contribution < 1.29 is 14.3 Å². The Morgan fingerprint density at radius 1 is 1.12 bits per heavy atom. The number of nitrogens with one attached hydrogen (secondary N) is 2. The van der Waals surface area contributed by atoms with Crippen LogP contribution in [0.25, 0.3) is 0 Å². The molecule has 1 aromatic carbocycles. The molecular formula is C19H32N4O3. The van der Waals surface area contributed by atoms with Crippen molar-refractivity contribution >= 4 is 11.9 Å². The van der Waals surface area contributed by atoms with E-state index in [0.29, 0.717) is 37.0 Å². The predicted octanol–water partition coefficient (Wildman–Crippen LogP) is 2.02. The van der Waals surface area contributed by atoms with Gasteiger partial charge in [0, 0.05) is 38.2 Å². The van der Waals surface area contributed by atoms with Crippen LogP contribution in [0, 0.1) is 0 Å². The van der Waals surface area contributed by atoms with Crippen LogP contribution in [0.2, 0.25) is 0 Å². The number of nitrogens with zero attached hydrogens (tertiary/aromatic N) is 2. The summed E-state index contributed by atoms with van der Waals surface area (Å²) in [6.45, 7) is 9.17. The molecule has 7 nitrogen and oxygen atoms in total. The Bertz CT molecular complexity index is 586. The number of benzene rings is 1. The molecule has 0 radical (unpaired) electrons. The van der Waals surface area contributed by atoms with Crippen molar-refractivity contribution in [3.8, 4) is 11.5 Å². The van der Waals surface area contributed by atoms with Crippen molar-refractivity contribution in [2.24, 2.45) is 4.99 Å². The fourth-order valence-electron chi connectivity index (χ4n) is 2.61. The van der Waals surface area contributed by atoms with E-state index in [4.69, 9.17) is 9.47 Å². The van der Waals surface area contributed by atoms with Gasteiger partial charge in [0.2, 0.25) is 5.91 Å². The van der Waals surface area contributed by atoms with Crippen LogP contribution in [-0.2, 0) is 11.3 Å². The molecule has 0 aliphatic rings. The summed E-state index contributed by atoms with van der Waals surface area (Å²) < 4.78 is 10.8. The molecule has 0 unspecified atom stereocenters. The van der Waals surface area contributed by atoms with E-state index >= 15 is 0 Å². The maximum Gasteiger partial charge on any atom is 0.224 e. The Morgan fingerprint density at radius 3 is 2.42 bits per heavy atom.